The zero-order chi connectivity index (χ0) is 21.9. The van der Waals surface area contributed by atoms with Gasteiger partial charge in [0.1, 0.15) is 12.9 Å². The summed E-state index contributed by atoms with van der Waals surface area (Å²) in [5.41, 5.74) is 0.168. The number of rotatable bonds is 13. The van der Waals surface area contributed by atoms with Gasteiger partial charge < -0.3 is 14.2 Å². The average molecular weight is 422 g/mol. The van der Waals surface area contributed by atoms with Gasteiger partial charge in [0.2, 0.25) is 0 Å². The molecule has 2 atom stereocenters. The van der Waals surface area contributed by atoms with Crippen LogP contribution in [-0.4, -0.2) is 44.6 Å². The fraction of sp³-hybridized carbons (Fsp3) is 0.476. The first kappa shape index (κ1) is 24.7. The van der Waals surface area contributed by atoms with E-state index in [0.29, 0.717) is 13.0 Å². The Labute approximate surface area is 173 Å². The zero-order valence-electron chi connectivity index (χ0n) is 17.6. The molecule has 1 aromatic carbocycles. The molecule has 0 amide bonds. The summed E-state index contributed by atoms with van der Waals surface area (Å²) < 4.78 is 16.4. The van der Waals surface area contributed by atoms with Crippen molar-refractivity contribution in [3.05, 3.63) is 64.8 Å². The monoisotopic (exact) mass is 421 g/mol. The van der Waals surface area contributed by atoms with Gasteiger partial charge in [0.05, 0.1) is 16.6 Å². The molecule has 0 N–H and O–H groups in total. The molecule has 0 radical (unpaired) electrons. The summed E-state index contributed by atoms with van der Waals surface area (Å²) in [6.07, 6.45) is 5.09. The van der Waals surface area contributed by atoms with Crippen LogP contribution in [0.5, 0.6) is 0 Å². The van der Waals surface area contributed by atoms with Gasteiger partial charge in [0.25, 0.3) is 5.69 Å². The predicted octanol–water partition coefficient (Wildman–Crippen LogP) is 4.97. The van der Waals surface area contributed by atoms with E-state index in [0.717, 1.165) is 6.04 Å². The summed E-state index contributed by atoms with van der Waals surface area (Å²) in [7, 11) is -1.09. The Balaban J connectivity index is 2.37. The van der Waals surface area contributed by atoms with Gasteiger partial charge >= 0.3 is 5.97 Å². The Morgan fingerprint density at radius 2 is 1.93 bits per heavy atom. The molecule has 0 aliphatic rings. The van der Waals surface area contributed by atoms with Crippen molar-refractivity contribution in [1.82, 2.24) is 0 Å². The maximum absolute atomic E-state index is 12.2. The molecule has 8 heteroatoms. The van der Waals surface area contributed by atoms with Crippen LogP contribution in [0.15, 0.2) is 49.1 Å². The SMILES string of the molecule is C=C[C@@H](C/C=C\[C@@H](C)OCOCC[Si](C)(C)C)OC(=O)c1ccc([N+](=O)[O-])cc1. The van der Waals surface area contributed by atoms with Gasteiger partial charge in [-0.05, 0) is 25.1 Å². The number of carbonyl (C=O) groups is 1. The molecule has 1 rings (SSSR count). The van der Waals surface area contributed by atoms with E-state index in [2.05, 4.69) is 26.2 Å². The van der Waals surface area contributed by atoms with Gasteiger partial charge in [-0.15, -0.1) is 0 Å². The summed E-state index contributed by atoms with van der Waals surface area (Å²) >= 11 is 0. The van der Waals surface area contributed by atoms with Crippen molar-refractivity contribution in [3.8, 4) is 0 Å². The van der Waals surface area contributed by atoms with Gasteiger partial charge in [-0.1, -0.05) is 44.4 Å². The summed E-state index contributed by atoms with van der Waals surface area (Å²) in [6, 6.07) is 6.37. The summed E-state index contributed by atoms with van der Waals surface area (Å²) in [5, 5.41) is 10.7. The molecule has 29 heavy (non-hydrogen) atoms. The number of nitro benzene ring substituents is 1. The topological polar surface area (TPSA) is 87.9 Å². The lowest BCUT2D eigenvalue weighted by molar-refractivity contribution is -0.384. The quantitative estimate of drug-likeness (QED) is 0.0850. The fourth-order valence-electron chi connectivity index (χ4n) is 2.17. The number of benzene rings is 1. The Bertz CT molecular complexity index is 696. The smallest absolute Gasteiger partial charge is 0.338 e. The minimum atomic E-state index is -1.09. The van der Waals surface area contributed by atoms with Crippen molar-refractivity contribution >= 4 is 19.7 Å². The highest BCUT2D eigenvalue weighted by atomic mass is 28.3. The van der Waals surface area contributed by atoms with E-state index in [1.807, 2.05) is 19.1 Å². The van der Waals surface area contributed by atoms with E-state index in [1.54, 1.807) is 6.08 Å². The van der Waals surface area contributed by atoms with E-state index in [4.69, 9.17) is 14.2 Å². The van der Waals surface area contributed by atoms with Crippen molar-refractivity contribution < 1.29 is 23.9 Å². The van der Waals surface area contributed by atoms with Crippen molar-refractivity contribution in [2.45, 2.75) is 51.2 Å². The number of nitro groups is 1. The van der Waals surface area contributed by atoms with E-state index in [1.165, 1.54) is 24.3 Å². The highest BCUT2D eigenvalue weighted by molar-refractivity contribution is 6.76. The van der Waals surface area contributed by atoms with Crippen LogP contribution in [-0.2, 0) is 14.2 Å². The molecular formula is C21H31NO6Si. The van der Waals surface area contributed by atoms with Crippen LogP contribution in [0.1, 0.15) is 23.7 Å². The fourth-order valence-corrected chi connectivity index (χ4v) is 2.93. The van der Waals surface area contributed by atoms with Crippen LogP contribution in [0.4, 0.5) is 5.69 Å². The van der Waals surface area contributed by atoms with E-state index in [9.17, 15) is 14.9 Å². The molecule has 0 aliphatic heterocycles. The second kappa shape index (κ2) is 12.3. The van der Waals surface area contributed by atoms with Crippen LogP contribution < -0.4 is 0 Å². The molecule has 160 valence electrons. The van der Waals surface area contributed by atoms with E-state index < -0.39 is 25.1 Å². The largest absolute Gasteiger partial charge is 0.454 e. The number of ether oxygens (including phenoxy) is 3. The molecule has 0 aliphatic carbocycles. The van der Waals surface area contributed by atoms with Crippen LogP contribution in [0.25, 0.3) is 0 Å². The lowest BCUT2D eigenvalue weighted by atomic mass is 10.2. The molecule has 1 aromatic rings. The Hall–Kier alpha value is -2.29. The van der Waals surface area contributed by atoms with Crippen LogP contribution in [0.3, 0.4) is 0 Å². The summed E-state index contributed by atoms with van der Waals surface area (Å²) in [6.45, 7) is 13.4. The highest BCUT2D eigenvalue weighted by Gasteiger charge is 2.14. The standard InChI is InChI=1S/C21H31NO6Si/c1-6-20(28-21(23)18-10-12-19(13-11-18)22(24)25)9-7-8-17(2)27-16-26-14-15-29(3,4)5/h6-8,10-13,17,20H,1,9,14-16H2,2-5H3/b8-7-/t17-,20+/m1/s1. The predicted molar refractivity (Wildman–Crippen MR) is 116 cm³/mol. The lowest BCUT2D eigenvalue weighted by Crippen LogP contribution is -2.22. The maximum atomic E-state index is 12.2. The third kappa shape index (κ3) is 10.7. The number of hydrogen-bond acceptors (Lipinski definition) is 6. The lowest BCUT2D eigenvalue weighted by Gasteiger charge is -2.16. The zero-order valence-corrected chi connectivity index (χ0v) is 18.6. The average Bonchev–Trinajstić information content (AvgIpc) is 2.65. The number of non-ortho nitro benzene ring substituents is 1. The Kier molecular flexibility index (Phi) is 10.5. The maximum Gasteiger partial charge on any atom is 0.338 e. The van der Waals surface area contributed by atoms with Gasteiger partial charge in [-0.25, -0.2) is 4.79 Å². The molecule has 0 bridgehead atoms. The van der Waals surface area contributed by atoms with Crippen molar-refractivity contribution in [3.63, 3.8) is 0 Å². The number of esters is 1. The van der Waals surface area contributed by atoms with Crippen molar-refractivity contribution in [2.24, 2.45) is 0 Å². The van der Waals surface area contributed by atoms with E-state index in [-0.39, 0.29) is 24.1 Å². The normalized spacial score (nSPS) is 13.8. The Morgan fingerprint density at radius 3 is 2.48 bits per heavy atom. The molecule has 0 heterocycles. The number of nitrogens with zero attached hydrogens (tertiary/aromatic N) is 1. The minimum absolute atomic E-state index is 0.0804. The molecular weight excluding hydrogens is 390 g/mol. The molecule has 7 nitrogen and oxygen atoms in total. The van der Waals surface area contributed by atoms with Gasteiger partial charge in [0, 0.05) is 33.2 Å². The molecule has 0 saturated carbocycles. The van der Waals surface area contributed by atoms with Crippen molar-refractivity contribution in [1.29, 1.82) is 0 Å². The Morgan fingerprint density at radius 1 is 1.28 bits per heavy atom. The van der Waals surface area contributed by atoms with Crippen LogP contribution >= 0.6 is 0 Å². The van der Waals surface area contributed by atoms with Gasteiger partial charge in [-0.3, -0.25) is 10.1 Å². The highest BCUT2D eigenvalue weighted by Crippen LogP contribution is 2.14. The van der Waals surface area contributed by atoms with E-state index >= 15 is 0 Å². The summed E-state index contributed by atoms with van der Waals surface area (Å²) in [5.74, 6) is -0.557. The van der Waals surface area contributed by atoms with Crippen LogP contribution in [0.2, 0.25) is 25.7 Å². The minimum Gasteiger partial charge on any atom is -0.454 e. The van der Waals surface area contributed by atoms with Crippen LogP contribution in [0, 0.1) is 10.1 Å². The van der Waals surface area contributed by atoms with Gasteiger partial charge in [0.15, 0.2) is 0 Å². The molecule has 0 fully saturated rings. The first-order valence-electron chi connectivity index (χ1n) is 9.56. The second-order valence-corrected chi connectivity index (χ2v) is 13.5. The third-order valence-corrected chi connectivity index (χ3v) is 5.73. The number of hydrogen-bond donors (Lipinski definition) is 0. The first-order valence-corrected chi connectivity index (χ1v) is 13.3. The van der Waals surface area contributed by atoms with Crippen molar-refractivity contribution in [2.75, 3.05) is 13.4 Å². The van der Waals surface area contributed by atoms with Gasteiger partial charge in [-0.2, -0.15) is 0 Å². The summed E-state index contributed by atoms with van der Waals surface area (Å²) in [4.78, 5) is 22.3. The third-order valence-electron chi connectivity index (χ3n) is 4.02. The second-order valence-electron chi connectivity index (χ2n) is 7.86. The molecule has 0 unspecified atom stereocenters. The molecule has 0 spiro atoms. The number of carbonyl (C=O) groups excluding carboxylic acids is 1. The molecule has 0 saturated heterocycles. The first-order chi connectivity index (χ1) is 13.6. The molecule has 0 aromatic heterocycles.